The zero-order chi connectivity index (χ0) is 42.1. The van der Waals surface area contributed by atoms with Gasteiger partial charge in [0, 0.05) is 12.8 Å². The van der Waals surface area contributed by atoms with Gasteiger partial charge in [0.1, 0.15) is 12.6 Å². The van der Waals surface area contributed by atoms with Crippen LogP contribution in [0.25, 0.3) is 0 Å². The second kappa shape index (κ2) is 40.5. The van der Waals surface area contributed by atoms with Gasteiger partial charge in [0.2, 0.25) is 0 Å². The summed E-state index contributed by atoms with van der Waals surface area (Å²) < 4.78 is 32.6. The molecule has 0 rings (SSSR count). The van der Waals surface area contributed by atoms with Crippen LogP contribution in [0.3, 0.4) is 0 Å². The fraction of sp³-hybridized carbons (Fsp3) is 0.800. The fourth-order valence-corrected chi connectivity index (χ4v) is 6.82. The lowest BCUT2D eigenvalue weighted by molar-refractivity contribution is -0.161. The van der Waals surface area contributed by atoms with Crippen molar-refractivity contribution in [2.45, 2.75) is 212 Å². The highest BCUT2D eigenvalue weighted by atomic mass is 31.2. The standard InChI is InChI=1S/C45H82NO10P/c1-3-5-7-9-11-13-15-16-17-18-19-20-21-22-23-24-25-26-27-29-31-33-35-37-44(48)56-41(39-54-57(51,52)55-40-42(46)45(49)50)38-53-43(47)36-34-32-30-28-14-12-10-8-6-4-2/h8,10,15-16,18-19,41-42H,3-7,9,11-14,17,20-40,46H2,1-2H3,(H,49,50)(H,51,52)/b10-8-,16-15-,19-18-. The van der Waals surface area contributed by atoms with Crippen LogP contribution in [-0.4, -0.2) is 59.9 Å². The van der Waals surface area contributed by atoms with E-state index in [0.29, 0.717) is 12.8 Å². The Balaban J connectivity index is 4.23. The van der Waals surface area contributed by atoms with E-state index in [-0.39, 0.29) is 19.4 Å². The van der Waals surface area contributed by atoms with E-state index in [2.05, 4.69) is 54.8 Å². The van der Waals surface area contributed by atoms with Gasteiger partial charge in [-0.15, -0.1) is 0 Å². The molecule has 0 saturated carbocycles. The number of allylic oxidation sites excluding steroid dienone is 6. The summed E-state index contributed by atoms with van der Waals surface area (Å²) in [5.74, 6) is -2.39. The smallest absolute Gasteiger partial charge is 0.472 e. The van der Waals surface area contributed by atoms with Crippen LogP contribution < -0.4 is 5.73 Å². The number of esters is 2. The van der Waals surface area contributed by atoms with Crippen LogP contribution >= 0.6 is 7.82 Å². The monoisotopic (exact) mass is 828 g/mol. The highest BCUT2D eigenvalue weighted by Crippen LogP contribution is 2.43. The van der Waals surface area contributed by atoms with E-state index < -0.39 is 51.1 Å². The number of rotatable bonds is 42. The SMILES string of the molecule is CCC/C=C\CCCCCCCC(=O)OCC(COP(=O)(O)OCC(N)C(=O)O)OC(=O)CCCCCCCCCCCCC/C=C\C/C=C\CCCCCCC. The number of nitrogens with two attached hydrogens (primary N) is 1. The van der Waals surface area contributed by atoms with Crippen LogP contribution in [0.15, 0.2) is 36.5 Å². The number of aliphatic carboxylic acids is 1. The summed E-state index contributed by atoms with van der Waals surface area (Å²) in [7, 11) is -4.71. The Hall–Kier alpha value is -2.30. The van der Waals surface area contributed by atoms with E-state index in [1.54, 1.807) is 0 Å². The minimum Gasteiger partial charge on any atom is -0.480 e. The number of carboxylic acid groups (broad SMARTS) is 1. The Morgan fingerprint density at radius 1 is 0.544 bits per heavy atom. The lowest BCUT2D eigenvalue weighted by atomic mass is 10.0. The normalized spacial score (nSPS) is 14.0. The van der Waals surface area contributed by atoms with E-state index in [4.69, 9.17) is 24.8 Å². The third kappa shape index (κ3) is 40.3. The summed E-state index contributed by atoms with van der Waals surface area (Å²) in [5, 5.41) is 8.88. The van der Waals surface area contributed by atoms with E-state index in [1.807, 2.05) is 0 Å². The molecule has 0 aliphatic rings. The van der Waals surface area contributed by atoms with Gasteiger partial charge in [-0.2, -0.15) is 0 Å². The van der Waals surface area contributed by atoms with Gasteiger partial charge in [-0.25, -0.2) is 4.57 Å². The maximum atomic E-state index is 12.6. The van der Waals surface area contributed by atoms with Crippen LogP contribution in [0.2, 0.25) is 0 Å². The summed E-state index contributed by atoms with van der Waals surface area (Å²) >= 11 is 0. The van der Waals surface area contributed by atoms with Crippen LogP contribution in [-0.2, 0) is 37.5 Å². The van der Waals surface area contributed by atoms with Crippen molar-refractivity contribution in [1.29, 1.82) is 0 Å². The predicted octanol–water partition coefficient (Wildman–Crippen LogP) is 12.0. The predicted molar refractivity (Wildman–Crippen MR) is 231 cm³/mol. The average Bonchev–Trinajstić information content (AvgIpc) is 3.19. The number of hydrogen-bond acceptors (Lipinski definition) is 9. The second-order valence-corrected chi connectivity index (χ2v) is 16.6. The number of ether oxygens (including phenoxy) is 2. The minimum atomic E-state index is -4.71. The minimum absolute atomic E-state index is 0.157. The summed E-state index contributed by atoms with van der Waals surface area (Å²) in [4.78, 5) is 45.9. The maximum Gasteiger partial charge on any atom is 0.472 e. The summed E-state index contributed by atoms with van der Waals surface area (Å²) in [6.45, 7) is 2.72. The Bertz CT molecular complexity index is 1110. The molecule has 332 valence electrons. The van der Waals surface area contributed by atoms with Crippen molar-refractivity contribution in [3.05, 3.63) is 36.5 Å². The van der Waals surface area contributed by atoms with Crippen molar-refractivity contribution in [3.8, 4) is 0 Å². The molecule has 0 spiro atoms. The summed E-state index contributed by atoms with van der Waals surface area (Å²) in [6, 6.07) is -1.52. The van der Waals surface area contributed by atoms with Crippen LogP contribution in [0.4, 0.5) is 0 Å². The Morgan fingerprint density at radius 3 is 1.46 bits per heavy atom. The molecular weight excluding hydrogens is 745 g/mol. The first kappa shape index (κ1) is 54.7. The lowest BCUT2D eigenvalue weighted by Crippen LogP contribution is -2.34. The molecular formula is C45H82NO10P. The summed E-state index contributed by atoms with van der Waals surface area (Å²) in [6.07, 6.45) is 43.6. The van der Waals surface area contributed by atoms with Crippen molar-refractivity contribution >= 4 is 25.7 Å². The molecule has 0 fully saturated rings. The number of carboxylic acids is 1. The molecule has 11 nitrogen and oxygen atoms in total. The molecule has 0 heterocycles. The molecule has 0 aromatic rings. The Morgan fingerprint density at radius 2 is 0.965 bits per heavy atom. The quantitative estimate of drug-likeness (QED) is 0.0231. The molecule has 0 aliphatic carbocycles. The zero-order valence-corrected chi connectivity index (χ0v) is 36.8. The zero-order valence-electron chi connectivity index (χ0n) is 35.9. The molecule has 0 aromatic carbocycles. The van der Waals surface area contributed by atoms with E-state index in [9.17, 15) is 23.8 Å². The second-order valence-electron chi connectivity index (χ2n) is 15.2. The third-order valence-electron chi connectivity index (χ3n) is 9.59. The largest absolute Gasteiger partial charge is 0.480 e. The summed E-state index contributed by atoms with van der Waals surface area (Å²) in [5.41, 5.74) is 5.33. The van der Waals surface area contributed by atoms with Gasteiger partial charge in [0.25, 0.3) is 0 Å². The molecule has 0 bridgehead atoms. The number of phosphoric ester groups is 1. The van der Waals surface area contributed by atoms with Crippen molar-refractivity contribution in [2.75, 3.05) is 19.8 Å². The van der Waals surface area contributed by atoms with Gasteiger partial charge >= 0.3 is 25.7 Å². The third-order valence-corrected chi connectivity index (χ3v) is 10.5. The van der Waals surface area contributed by atoms with Gasteiger partial charge in [0.15, 0.2) is 6.10 Å². The Labute approximate surface area is 346 Å². The molecule has 3 atom stereocenters. The van der Waals surface area contributed by atoms with Gasteiger partial charge < -0.3 is 25.2 Å². The van der Waals surface area contributed by atoms with Crippen LogP contribution in [0, 0.1) is 0 Å². The molecule has 0 aliphatic heterocycles. The molecule has 0 aromatic heterocycles. The van der Waals surface area contributed by atoms with Crippen molar-refractivity contribution < 1.29 is 47.5 Å². The van der Waals surface area contributed by atoms with Crippen molar-refractivity contribution in [1.82, 2.24) is 0 Å². The molecule has 57 heavy (non-hydrogen) atoms. The average molecular weight is 828 g/mol. The highest BCUT2D eigenvalue weighted by Gasteiger charge is 2.28. The number of hydrogen-bond donors (Lipinski definition) is 3. The molecule has 0 radical (unpaired) electrons. The number of unbranched alkanes of at least 4 members (excludes halogenated alkanes) is 22. The van der Waals surface area contributed by atoms with E-state index in [1.165, 1.54) is 89.9 Å². The first-order chi connectivity index (χ1) is 27.6. The lowest BCUT2D eigenvalue weighted by Gasteiger charge is -2.20. The van der Waals surface area contributed by atoms with Crippen LogP contribution in [0.1, 0.15) is 200 Å². The molecule has 4 N–H and O–H groups in total. The Kier molecular flexibility index (Phi) is 38.8. The van der Waals surface area contributed by atoms with Gasteiger partial charge in [-0.3, -0.25) is 23.4 Å². The van der Waals surface area contributed by atoms with Gasteiger partial charge in [-0.05, 0) is 64.2 Å². The maximum absolute atomic E-state index is 12.6. The van der Waals surface area contributed by atoms with Gasteiger partial charge in [-0.1, -0.05) is 159 Å². The first-order valence-corrected chi connectivity index (χ1v) is 24.0. The van der Waals surface area contributed by atoms with E-state index in [0.717, 1.165) is 70.6 Å². The fourth-order valence-electron chi connectivity index (χ4n) is 6.04. The molecule has 0 saturated heterocycles. The number of phosphoric acid groups is 1. The molecule has 0 amide bonds. The molecule has 12 heteroatoms. The van der Waals surface area contributed by atoms with E-state index >= 15 is 0 Å². The first-order valence-electron chi connectivity index (χ1n) is 22.5. The van der Waals surface area contributed by atoms with Crippen LogP contribution in [0.5, 0.6) is 0 Å². The van der Waals surface area contributed by atoms with Gasteiger partial charge in [0.05, 0.1) is 13.2 Å². The van der Waals surface area contributed by atoms with Crippen molar-refractivity contribution in [2.24, 2.45) is 5.73 Å². The number of carbonyl (C=O) groups excluding carboxylic acids is 2. The number of carbonyl (C=O) groups is 3. The highest BCUT2D eigenvalue weighted by molar-refractivity contribution is 7.47. The topological polar surface area (TPSA) is 172 Å². The molecule has 3 unspecified atom stereocenters. The van der Waals surface area contributed by atoms with Crippen molar-refractivity contribution in [3.63, 3.8) is 0 Å².